The summed E-state index contributed by atoms with van der Waals surface area (Å²) in [6.07, 6.45) is 0. The summed E-state index contributed by atoms with van der Waals surface area (Å²) >= 11 is 0. The van der Waals surface area contributed by atoms with Crippen molar-refractivity contribution in [1.29, 1.82) is 0 Å². The molecule has 46 valence electrons. The Morgan fingerprint density at radius 3 is 2.22 bits per heavy atom. The average molecular weight is 121 g/mol. The molecule has 0 aliphatic carbocycles. The van der Waals surface area contributed by atoms with E-state index in [2.05, 4.69) is 5.23 Å². The Morgan fingerprint density at radius 2 is 1.78 bits per heavy atom. The van der Waals surface area contributed by atoms with Crippen LogP contribution < -0.4 is 5.23 Å². The highest BCUT2D eigenvalue weighted by Crippen LogP contribution is 2.12. The van der Waals surface area contributed by atoms with E-state index in [4.69, 9.17) is 5.11 Å². The summed E-state index contributed by atoms with van der Waals surface area (Å²) in [5.41, 5.74) is 1.01. The van der Waals surface area contributed by atoms with E-state index >= 15 is 0 Å². The molecule has 3 heteroatoms. The first-order chi connectivity index (χ1) is 4.33. The minimum atomic E-state index is 0.300. The molecule has 9 heavy (non-hydrogen) atoms. The highest BCUT2D eigenvalue weighted by molar-refractivity contribution is 6.15. The van der Waals surface area contributed by atoms with Crippen molar-refractivity contribution < 1.29 is 5.11 Å². The van der Waals surface area contributed by atoms with E-state index in [0.717, 1.165) is 5.69 Å². The van der Waals surface area contributed by atoms with Gasteiger partial charge in [-0.3, -0.25) is 0 Å². The van der Waals surface area contributed by atoms with Crippen LogP contribution in [0.1, 0.15) is 0 Å². The van der Waals surface area contributed by atoms with Crippen molar-refractivity contribution in [2.24, 2.45) is 0 Å². The largest absolute Gasteiger partial charge is 0.508 e. The van der Waals surface area contributed by atoms with Crippen molar-refractivity contribution in [2.75, 3.05) is 5.23 Å². The fourth-order valence-corrected chi connectivity index (χ4v) is 0.628. The molecule has 2 N–H and O–H groups in total. The zero-order valence-corrected chi connectivity index (χ0v) is 5.26. The number of anilines is 1. The van der Waals surface area contributed by atoms with Crippen LogP contribution in [0.15, 0.2) is 24.3 Å². The van der Waals surface area contributed by atoms with Crippen LogP contribution >= 0.6 is 0 Å². The van der Waals surface area contributed by atoms with Gasteiger partial charge in [0.05, 0.1) is 0 Å². The number of nitrogens with one attached hydrogen (secondary N) is 1. The van der Waals surface area contributed by atoms with Gasteiger partial charge in [0.1, 0.15) is 5.75 Å². The quantitative estimate of drug-likeness (QED) is 0.415. The summed E-state index contributed by atoms with van der Waals surface area (Å²) in [6.45, 7) is 0. The molecule has 0 aliphatic rings. The van der Waals surface area contributed by atoms with Crippen LogP contribution in [0.4, 0.5) is 5.69 Å². The minimum absolute atomic E-state index is 0.300. The molecule has 2 nitrogen and oxygen atoms in total. The molecular formula is C6H8BNO. The van der Waals surface area contributed by atoms with Gasteiger partial charge in [-0.2, -0.15) is 0 Å². The predicted octanol–water partition coefficient (Wildman–Crippen LogP) is 0.352. The second kappa shape index (κ2) is 2.44. The lowest BCUT2D eigenvalue weighted by atomic mass is 10.2. The van der Waals surface area contributed by atoms with Crippen LogP contribution in [-0.4, -0.2) is 13.1 Å². The van der Waals surface area contributed by atoms with Crippen molar-refractivity contribution in [2.45, 2.75) is 0 Å². The Morgan fingerprint density at radius 1 is 1.22 bits per heavy atom. The molecule has 1 aromatic carbocycles. The van der Waals surface area contributed by atoms with E-state index in [1.54, 1.807) is 12.1 Å². The Kier molecular flexibility index (Phi) is 1.63. The second-order valence-corrected chi connectivity index (χ2v) is 1.80. The standard InChI is InChI=1S/C6H8BNO/c7-8-5-1-3-6(9)4-2-5/h1-4,8-9H,7H2. The Bertz CT molecular complexity index is 185. The third-order valence-electron chi connectivity index (χ3n) is 1.16. The van der Waals surface area contributed by atoms with Crippen molar-refractivity contribution in [3.8, 4) is 5.75 Å². The highest BCUT2D eigenvalue weighted by Gasteiger charge is 1.85. The van der Waals surface area contributed by atoms with E-state index in [1.807, 2.05) is 20.1 Å². The number of aromatic hydroxyl groups is 1. The number of rotatable bonds is 1. The summed E-state index contributed by atoms with van der Waals surface area (Å²) in [5.74, 6) is 0.300. The Hall–Kier alpha value is -1.12. The first-order valence-corrected chi connectivity index (χ1v) is 2.79. The number of phenolic OH excluding ortho intramolecular Hbond substituents is 1. The highest BCUT2D eigenvalue weighted by atomic mass is 16.3. The fraction of sp³-hybridized carbons (Fsp3) is 0. The van der Waals surface area contributed by atoms with Gasteiger partial charge in [0.2, 0.25) is 7.98 Å². The first kappa shape index (κ1) is 6.01. The fourth-order valence-electron chi connectivity index (χ4n) is 0.628. The molecule has 0 aliphatic heterocycles. The number of phenols is 1. The number of hydrogen-bond donors (Lipinski definition) is 2. The van der Waals surface area contributed by atoms with Gasteiger partial charge in [0.15, 0.2) is 0 Å². The molecular weight excluding hydrogens is 113 g/mol. The third-order valence-corrected chi connectivity index (χ3v) is 1.16. The molecule has 0 radical (unpaired) electrons. The molecule has 0 amide bonds. The summed E-state index contributed by atoms with van der Waals surface area (Å²) in [5, 5.41) is 11.8. The van der Waals surface area contributed by atoms with E-state index in [-0.39, 0.29) is 0 Å². The lowest BCUT2D eigenvalue weighted by molar-refractivity contribution is 0.475. The molecule has 1 rings (SSSR count). The van der Waals surface area contributed by atoms with Gasteiger partial charge in [-0.1, -0.05) is 0 Å². The Balaban J connectivity index is 2.88. The maximum absolute atomic E-state index is 8.82. The van der Waals surface area contributed by atoms with Crippen molar-refractivity contribution in [3.63, 3.8) is 0 Å². The lowest BCUT2D eigenvalue weighted by Crippen LogP contribution is -1.87. The Labute approximate surface area is 54.9 Å². The first-order valence-electron chi connectivity index (χ1n) is 2.79. The van der Waals surface area contributed by atoms with Crippen molar-refractivity contribution in [3.05, 3.63) is 24.3 Å². The summed E-state index contributed by atoms with van der Waals surface area (Å²) in [4.78, 5) is 0. The van der Waals surface area contributed by atoms with Crippen LogP contribution in [0.25, 0.3) is 0 Å². The summed E-state index contributed by atoms with van der Waals surface area (Å²) in [6, 6.07) is 6.92. The molecule has 0 bridgehead atoms. The molecule has 0 unspecified atom stereocenters. The van der Waals surface area contributed by atoms with Crippen molar-refractivity contribution >= 4 is 13.7 Å². The van der Waals surface area contributed by atoms with Crippen molar-refractivity contribution in [1.82, 2.24) is 0 Å². The number of hydrogen-bond acceptors (Lipinski definition) is 2. The molecule has 0 saturated heterocycles. The van der Waals surface area contributed by atoms with Crippen LogP contribution in [0, 0.1) is 0 Å². The van der Waals surface area contributed by atoms with Crippen LogP contribution in [0.2, 0.25) is 0 Å². The lowest BCUT2D eigenvalue weighted by Gasteiger charge is -1.97. The monoisotopic (exact) mass is 121 g/mol. The summed E-state index contributed by atoms with van der Waals surface area (Å²) in [7, 11) is 1.84. The molecule has 0 spiro atoms. The molecule has 0 fully saturated rings. The van der Waals surface area contributed by atoms with E-state index in [9.17, 15) is 0 Å². The maximum atomic E-state index is 8.82. The molecule has 0 saturated carbocycles. The van der Waals surface area contributed by atoms with Gasteiger partial charge in [0.25, 0.3) is 0 Å². The van der Waals surface area contributed by atoms with Gasteiger partial charge in [-0.15, -0.1) is 0 Å². The van der Waals surface area contributed by atoms with Crippen LogP contribution in [-0.2, 0) is 0 Å². The van der Waals surface area contributed by atoms with Crippen LogP contribution in [0.3, 0.4) is 0 Å². The number of benzene rings is 1. The predicted molar refractivity (Wildman–Crippen MR) is 40.3 cm³/mol. The minimum Gasteiger partial charge on any atom is -0.508 e. The van der Waals surface area contributed by atoms with E-state index < -0.39 is 0 Å². The van der Waals surface area contributed by atoms with E-state index in [1.165, 1.54) is 0 Å². The van der Waals surface area contributed by atoms with Gasteiger partial charge >= 0.3 is 0 Å². The molecule has 0 heterocycles. The molecule has 0 atom stereocenters. The van der Waals surface area contributed by atoms with Gasteiger partial charge in [-0.05, 0) is 24.3 Å². The summed E-state index contributed by atoms with van der Waals surface area (Å²) < 4.78 is 0. The SMILES string of the molecule is BNc1ccc(O)cc1. The van der Waals surface area contributed by atoms with E-state index in [0.29, 0.717) is 5.75 Å². The van der Waals surface area contributed by atoms with Gasteiger partial charge in [0, 0.05) is 5.69 Å². The smallest absolute Gasteiger partial charge is 0.213 e. The van der Waals surface area contributed by atoms with Crippen LogP contribution in [0.5, 0.6) is 5.75 Å². The van der Waals surface area contributed by atoms with Gasteiger partial charge < -0.3 is 10.3 Å². The third kappa shape index (κ3) is 1.39. The zero-order valence-electron chi connectivity index (χ0n) is 5.26. The molecule has 1 aromatic rings. The maximum Gasteiger partial charge on any atom is 0.213 e. The average Bonchev–Trinajstić information content (AvgIpc) is 1.90. The van der Waals surface area contributed by atoms with Gasteiger partial charge in [-0.25, -0.2) is 0 Å². The molecule has 0 aromatic heterocycles. The topological polar surface area (TPSA) is 32.3 Å². The zero-order chi connectivity index (χ0) is 6.69. The second-order valence-electron chi connectivity index (χ2n) is 1.80. The normalized spacial score (nSPS) is 8.89.